The van der Waals surface area contributed by atoms with Crippen molar-refractivity contribution in [3.05, 3.63) is 65.2 Å². The standard InChI is InChI=1S/C24H29N5O2/c1-14(2)19-9-7-8-10-21(19)29-17(6)25-22(28-29)24(31)27-20-13-18(12-11-16(20)5)26-23(30)15(3)4/h7-15H,1-6H3,(H,26,30)(H,27,31). The van der Waals surface area contributed by atoms with Crippen molar-refractivity contribution in [2.75, 3.05) is 10.6 Å². The van der Waals surface area contributed by atoms with E-state index < -0.39 is 5.91 Å². The predicted molar refractivity (Wildman–Crippen MR) is 123 cm³/mol. The topological polar surface area (TPSA) is 88.9 Å². The molecule has 31 heavy (non-hydrogen) atoms. The fraction of sp³-hybridized carbons (Fsp3) is 0.333. The van der Waals surface area contributed by atoms with E-state index in [1.807, 2.05) is 58.0 Å². The van der Waals surface area contributed by atoms with Crippen molar-refractivity contribution in [1.82, 2.24) is 14.8 Å². The highest BCUT2D eigenvalue weighted by Crippen LogP contribution is 2.24. The molecular weight excluding hydrogens is 390 g/mol. The molecule has 0 aliphatic carbocycles. The number of aryl methyl sites for hydroxylation is 2. The predicted octanol–water partition coefficient (Wildman–Crippen LogP) is 4.85. The molecule has 0 saturated heterocycles. The second-order valence-corrected chi connectivity index (χ2v) is 8.24. The molecular formula is C24H29N5O2. The van der Waals surface area contributed by atoms with Gasteiger partial charge in [-0.05, 0) is 49.1 Å². The lowest BCUT2D eigenvalue weighted by Gasteiger charge is -2.13. The zero-order valence-corrected chi connectivity index (χ0v) is 18.9. The quantitative estimate of drug-likeness (QED) is 0.597. The number of nitrogens with one attached hydrogen (secondary N) is 2. The fourth-order valence-corrected chi connectivity index (χ4v) is 3.18. The Labute approximate surface area is 182 Å². The SMILES string of the molecule is Cc1ccc(NC(=O)C(C)C)cc1NC(=O)c1nc(C)n(-c2ccccc2C(C)C)n1. The van der Waals surface area contributed by atoms with Crippen LogP contribution in [-0.4, -0.2) is 26.6 Å². The van der Waals surface area contributed by atoms with E-state index in [1.165, 1.54) is 0 Å². The molecule has 2 aromatic carbocycles. The molecule has 1 heterocycles. The zero-order chi connectivity index (χ0) is 22.7. The van der Waals surface area contributed by atoms with Gasteiger partial charge in [0.1, 0.15) is 5.82 Å². The first kappa shape index (κ1) is 22.2. The van der Waals surface area contributed by atoms with Crippen LogP contribution in [0.1, 0.15) is 61.2 Å². The van der Waals surface area contributed by atoms with E-state index in [2.05, 4.69) is 40.6 Å². The number of benzene rings is 2. The molecule has 0 bridgehead atoms. The number of para-hydroxylation sites is 1. The average Bonchev–Trinajstić information content (AvgIpc) is 3.12. The monoisotopic (exact) mass is 419 g/mol. The molecule has 162 valence electrons. The third kappa shape index (κ3) is 4.99. The number of hydrogen-bond acceptors (Lipinski definition) is 4. The third-order valence-corrected chi connectivity index (χ3v) is 5.04. The number of hydrogen-bond donors (Lipinski definition) is 2. The summed E-state index contributed by atoms with van der Waals surface area (Å²) in [5.41, 5.74) is 4.14. The first-order chi connectivity index (χ1) is 14.7. The summed E-state index contributed by atoms with van der Waals surface area (Å²) in [7, 11) is 0. The van der Waals surface area contributed by atoms with E-state index in [9.17, 15) is 9.59 Å². The third-order valence-electron chi connectivity index (χ3n) is 5.04. The maximum atomic E-state index is 12.9. The van der Waals surface area contributed by atoms with Crippen molar-refractivity contribution in [2.24, 2.45) is 5.92 Å². The largest absolute Gasteiger partial charge is 0.326 e. The number of nitrogens with zero attached hydrogens (tertiary/aromatic N) is 3. The van der Waals surface area contributed by atoms with Crippen LogP contribution < -0.4 is 10.6 Å². The van der Waals surface area contributed by atoms with E-state index >= 15 is 0 Å². The van der Waals surface area contributed by atoms with Gasteiger partial charge in [0.05, 0.1) is 5.69 Å². The van der Waals surface area contributed by atoms with Crippen LogP contribution in [0, 0.1) is 19.8 Å². The molecule has 2 amide bonds. The van der Waals surface area contributed by atoms with Crippen molar-refractivity contribution in [2.45, 2.75) is 47.5 Å². The van der Waals surface area contributed by atoms with E-state index in [1.54, 1.807) is 10.7 Å². The van der Waals surface area contributed by atoms with Crippen LogP contribution in [0.15, 0.2) is 42.5 Å². The Kier molecular flexibility index (Phi) is 6.53. The Morgan fingerprint density at radius 2 is 1.68 bits per heavy atom. The second kappa shape index (κ2) is 9.12. The molecule has 0 saturated carbocycles. The highest BCUT2D eigenvalue weighted by atomic mass is 16.2. The van der Waals surface area contributed by atoms with Gasteiger partial charge in [0.2, 0.25) is 11.7 Å². The van der Waals surface area contributed by atoms with E-state index in [-0.39, 0.29) is 17.6 Å². The first-order valence-electron chi connectivity index (χ1n) is 10.4. The highest BCUT2D eigenvalue weighted by molar-refractivity contribution is 6.02. The van der Waals surface area contributed by atoms with E-state index in [0.717, 1.165) is 16.8 Å². The van der Waals surface area contributed by atoms with Gasteiger partial charge >= 0.3 is 0 Å². The smallest absolute Gasteiger partial charge is 0.295 e. The molecule has 0 radical (unpaired) electrons. The van der Waals surface area contributed by atoms with Gasteiger partial charge in [0.25, 0.3) is 5.91 Å². The van der Waals surface area contributed by atoms with Gasteiger partial charge in [-0.2, -0.15) is 0 Å². The normalized spacial score (nSPS) is 11.1. The molecule has 7 heteroatoms. The molecule has 2 N–H and O–H groups in total. The van der Waals surface area contributed by atoms with Gasteiger partial charge in [0, 0.05) is 17.3 Å². The van der Waals surface area contributed by atoms with Crippen LogP contribution in [0.4, 0.5) is 11.4 Å². The van der Waals surface area contributed by atoms with Crippen LogP contribution in [0.2, 0.25) is 0 Å². The van der Waals surface area contributed by atoms with Crippen LogP contribution in [0.3, 0.4) is 0 Å². The first-order valence-corrected chi connectivity index (χ1v) is 10.4. The molecule has 0 unspecified atom stereocenters. The molecule has 0 fully saturated rings. The van der Waals surface area contributed by atoms with Gasteiger partial charge in [-0.1, -0.05) is 52.0 Å². The van der Waals surface area contributed by atoms with Crippen molar-refractivity contribution in [3.8, 4) is 5.69 Å². The summed E-state index contributed by atoms with van der Waals surface area (Å²) in [5, 5.41) is 10.2. The number of anilines is 2. The summed E-state index contributed by atoms with van der Waals surface area (Å²) in [5.74, 6) is 0.410. The maximum absolute atomic E-state index is 12.9. The molecule has 3 rings (SSSR count). The second-order valence-electron chi connectivity index (χ2n) is 8.24. The Bertz CT molecular complexity index is 1110. The van der Waals surface area contributed by atoms with Crippen molar-refractivity contribution in [3.63, 3.8) is 0 Å². The maximum Gasteiger partial charge on any atom is 0.295 e. The summed E-state index contributed by atoms with van der Waals surface area (Å²) in [6.45, 7) is 11.6. The summed E-state index contributed by atoms with van der Waals surface area (Å²) >= 11 is 0. The molecule has 7 nitrogen and oxygen atoms in total. The van der Waals surface area contributed by atoms with Gasteiger partial charge in [-0.15, -0.1) is 5.10 Å². The fourth-order valence-electron chi connectivity index (χ4n) is 3.18. The van der Waals surface area contributed by atoms with Gasteiger partial charge < -0.3 is 10.6 Å². The molecule has 0 spiro atoms. The number of aromatic nitrogens is 3. The number of amides is 2. The Hall–Kier alpha value is -3.48. The Morgan fingerprint density at radius 3 is 2.35 bits per heavy atom. The van der Waals surface area contributed by atoms with Crippen LogP contribution >= 0.6 is 0 Å². The Balaban J connectivity index is 1.86. The molecule has 0 aliphatic rings. The lowest BCUT2D eigenvalue weighted by molar-refractivity contribution is -0.118. The molecule has 1 aromatic heterocycles. The molecule has 3 aromatic rings. The Morgan fingerprint density at radius 1 is 0.968 bits per heavy atom. The number of rotatable bonds is 6. The van der Waals surface area contributed by atoms with E-state index in [0.29, 0.717) is 23.1 Å². The number of carbonyl (C=O) groups excluding carboxylic acids is 2. The van der Waals surface area contributed by atoms with E-state index in [4.69, 9.17) is 0 Å². The summed E-state index contributed by atoms with van der Waals surface area (Å²) in [6, 6.07) is 13.4. The summed E-state index contributed by atoms with van der Waals surface area (Å²) in [4.78, 5) is 29.2. The number of carbonyl (C=O) groups is 2. The van der Waals surface area contributed by atoms with Crippen molar-refractivity contribution < 1.29 is 9.59 Å². The van der Waals surface area contributed by atoms with Gasteiger partial charge in [0.15, 0.2) is 0 Å². The van der Waals surface area contributed by atoms with Crippen LogP contribution in [-0.2, 0) is 4.79 Å². The highest BCUT2D eigenvalue weighted by Gasteiger charge is 2.19. The van der Waals surface area contributed by atoms with Crippen molar-refractivity contribution >= 4 is 23.2 Å². The van der Waals surface area contributed by atoms with Gasteiger partial charge in [-0.3, -0.25) is 9.59 Å². The minimum Gasteiger partial charge on any atom is -0.326 e. The minimum absolute atomic E-state index is 0.0824. The lowest BCUT2D eigenvalue weighted by Crippen LogP contribution is -2.18. The van der Waals surface area contributed by atoms with Crippen molar-refractivity contribution in [1.29, 1.82) is 0 Å². The molecule has 0 atom stereocenters. The van der Waals surface area contributed by atoms with Gasteiger partial charge in [-0.25, -0.2) is 9.67 Å². The summed E-state index contributed by atoms with van der Waals surface area (Å²) < 4.78 is 1.70. The zero-order valence-electron chi connectivity index (χ0n) is 18.9. The summed E-state index contributed by atoms with van der Waals surface area (Å²) in [6.07, 6.45) is 0. The minimum atomic E-state index is -0.403. The average molecular weight is 420 g/mol. The lowest BCUT2D eigenvalue weighted by atomic mass is 10.0. The van der Waals surface area contributed by atoms with Crippen LogP contribution in [0.25, 0.3) is 5.69 Å². The van der Waals surface area contributed by atoms with Crippen LogP contribution in [0.5, 0.6) is 0 Å². The molecule has 0 aliphatic heterocycles.